The molecule has 0 atom stereocenters. The molecule has 0 bridgehead atoms. The summed E-state index contributed by atoms with van der Waals surface area (Å²) in [4.78, 5) is 12.9. The van der Waals surface area contributed by atoms with Crippen LogP contribution in [-0.4, -0.2) is 21.4 Å². The van der Waals surface area contributed by atoms with E-state index in [0.29, 0.717) is 16.1 Å². The number of benzene rings is 1. The van der Waals surface area contributed by atoms with Crippen molar-refractivity contribution in [3.05, 3.63) is 45.6 Å². The van der Waals surface area contributed by atoms with Gasteiger partial charge in [0.15, 0.2) is 0 Å². The average Bonchev–Trinajstić information content (AvgIpc) is 2.87. The second-order valence-electron chi connectivity index (χ2n) is 4.57. The lowest BCUT2D eigenvalue weighted by molar-refractivity contribution is 0.103. The van der Waals surface area contributed by atoms with Gasteiger partial charge in [-0.05, 0) is 55.6 Å². The Morgan fingerprint density at radius 3 is 2.43 bits per heavy atom. The highest BCUT2D eigenvalue weighted by Crippen LogP contribution is 2.22. The molecule has 112 valence electrons. The zero-order valence-corrected chi connectivity index (χ0v) is 13.6. The molecule has 0 saturated heterocycles. The molecule has 1 aromatic heterocycles. The van der Waals surface area contributed by atoms with Crippen molar-refractivity contribution >= 4 is 33.0 Å². The lowest BCUT2D eigenvalue weighted by Crippen LogP contribution is -2.20. The Morgan fingerprint density at radius 2 is 1.86 bits per heavy atom. The summed E-state index contributed by atoms with van der Waals surface area (Å²) in [5.41, 5.74) is 1.97. The number of carbonyl (C=O) groups is 1. The van der Waals surface area contributed by atoms with Crippen LogP contribution in [0, 0.1) is 13.8 Å². The van der Waals surface area contributed by atoms with E-state index in [4.69, 9.17) is 0 Å². The van der Waals surface area contributed by atoms with Crippen LogP contribution in [0.2, 0.25) is 0 Å². The van der Waals surface area contributed by atoms with Gasteiger partial charge in [0.1, 0.15) is 0 Å². The monoisotopic (exact) mass is 324 g/mol. The molecule has 0 aliphatic carbocycles. The summed E-state index contributed by atoms with van der Waals surface area (Å²) in [6, 6.07) is 6.68. The fourth-order valence-corrected chi connectivity index (χ4v) is 3.68. The molecule has 2 rings (SSSR count). The first-order valence-electron chi connectivity index (χ1n) is 6.25. The maximum absolute atomic E-state index is 12.1. The summed E-state index contributed by atoms with van der Waals surface area (Å²) in [6.45, 7) is 3.57. The van der Waals surface area contributed by atoms with Gasteiger partial charge in [-0.15, -0.1) is 11.3 Å². The number of hydrogen-bond donors (Lipinski definition) is 2. The van der Waals surface area contributed by atoms with Crippen LogP contribution in [-0.2, 0) is 10.0 Å². The van der Waals surface area contributed by atoms with E-state index in [1.54, 1.807) is 19.1 Å². The summed E-state index contributed by atoms with van der Waals surface area (Å²) in [5.74, 6) is -0.237. The molecule has 5 nitrogen and oxygen atoms in total. The minimum absolute atomic E-state index is 0.158. The van der Waals surface area contributed by atoms with Gasteiger partial charge in [0.2, 0.25) is 10.0 Å². The number of nitrogens with one attached hydrogen (secondary N) is 2. The van der Waals surface area contributed by atoms with Gasteiger partial charge >= 0.3 is 0 Å². The lowest BCUT2D eigenvalue weighted by Gasteiger charge is -2.10. The van der Waals surface area contributed by atoms with Crippen LogP contribution in [0.25, 0.3) is 0 Å². The van der Waals surface area contributed by atoms with Gasteiger partial charge in [-0.1, -0.05) is 6.07 Å². The second kappa shape index (κ2) is 5.97. The van der Waals surface area contributed by atoms with Crippen LogP contribution in [0.4, 0.5) is 5.69 Å². The van der Waals surface area contributed by atoms with E-state index in [9.17, 15) is 13.2 Å². The second-order valence-corrected chi connectivity index (χ2v) is 7.35. The Bertz CT molecular complexity index is 779. The van der Waals surface area contributed by atoms with Crippen molar-refractivity contribution < 1.29 is 13.2 Å². The molecule has 0 aliphatic heterocycles. The van der Waals surface area contributed by atoms with Gasteiger partial charge in [0.05, 0.1) is 9.77 Å². The fraction of sp³-hybridized carbons (Fsp3) is 0.214. The maximum atomic E-state index is 12.1. The molecule has 0 spiro atoms. The number of amides is 1. The van der Waals surface area contributed by atoms with Gasteiger partial charge in [0.25, 0.3) is 5.91 Å². The van der Waals surface area contributed by atoms with E-state index in [0.717, 1.165) is 5.56 Å². The van der Waals surface area contributed by atoms with E-state index in [1.165, 1.54) is 24.5 Å². The molecular formula is C14H16N2O3S2. The summed E-state index contributed by atoms with van der Waals surface area (Å²) in [6.07, 6.45) is 0. The zero-order valence-electron chi connectivity index (χ0n) is 11.9. The largest absolute Gasteiger partial charge is 0.321 e. The molecule has 21 heavy (non-hydrogen) atoms. The topological polar surface area (TPSA) is 75.3 Å². The van der Waals surface area contributed by atoms with Crippen molar-refractivity contribution in [3.8, 4) is 0 Å². The van der Waals surface area contributed by atoms with Crippen molar-refractivity contribution in [3.63, 3.8) is 0 Å². The number of thiophene rings is 1. The third-order valence-corrected chi connectivity index (χ3v) is 5.64. The van der Waals surface area contributed by atoms with Crippen LogP contribution >= 0.6 is 11.3 Å². The zero-order chi connectivity index (χ0) is 15.6. The molecular weight excluding hydrogens is 308 g/mol. The van der Waals surface area contributed by atoms with Crippen molar-refractivity contribution in [2.24, 2.45) is 0 Å². The average molecular weight is 324 g/mol. The first-order chi connectivity index (χ1) is 9.85. The number of carbonyl (C=O) groups excluding carboxylic acids is 1. The Morgan fingerprint density at radius 1 is 1.14 bits per heavy atom. The predicted octanol–water partition coefficient (Wildman–Crippen LogP) is 2.53. The van der Waals surface area contributed by atoms with Gasteiger partial charge in [0, 0.05) is 5.69 Å². The highest BCUT2D eigenvalue weighted by molar-refractivity contribution is 7.89. The van der Waals surface area contributed by atoms with E-state index in [2.05, 4.69) is 10.0 Å². The van der Waals surface area contributed by atoms with E-state index < -0.39 is 10.0 Å². The molecule has 0 radical (unpaired) electrons. The van der Waals surface area contributed by atoms with Crippen molar-refractivity contribution in [2.45, 2.75) is 18.7 Å². The predicted molar refractivity (Wildman–Crippen MR) is 84.4 cm³/mol. The van der Waals surface area contributed by atoms with Gasteiger partial charge in [-0.2, -0.15) is 0 Å². The number of anilines is 1. The van der Waals surface area contributed by atoms with Crippen LogP contribution in [0.3, 0.4) is 0 Å². The number of rotatable bonds is 4. The quantitative estimate of drug-likeness (QED) is 0.907. The van der Waals surface area contributed by atoms with Crippen LogP contribution < -0.4 is 10.0 Å². The summed E-state index contributed by atoms with van der Waals surface area (Å²) in [5, 5.41) is 4.57. The number of aryl methyl sites for hydroxylation is 2. The van der Waals surface area contributed by atoms with Crippen LogP contribution in [0.15, 0.2) is 34.5 Å². The Hall–Kier alpha value is -1.70. The van der Waals surface area contributed by atoms with E-state index in [-0.39, 0.29) is 10.8 Å². The number of sulfonamides is 1. The van der Waals surface area contributed by atoms with Gasteiger partial charge in [-0.25, -0.2) is 13.1 Å². The van der Waals surface area contributed by atoms with E-state index in [1.807, 2.05) is 18.4 Å². The molecule has 0 saturated carbocycles. The molecule has 0 fully saturated rings. The van der Waals surface area contributed by atoms with Gasteiger partial charge < -0.3 is 5.32 Å². The normalized spacial score (nSPS) is 11.4. The third-order valence-electron chi connectivity index (χ3n) is 3.07. The molecule has 1 aromatic carbocycles. The van der Waals surface area contributed by atoms with E-state index >= 15 is 0 Å². The Kier molecular flexibility index (Phi) is 4.46. The maximum Gasteiger partial charge on any atom is 0.265 e. The molecule has 0 unspecified atom stereocenters. The van der Waals surface area contributed by atoms with Gasteiger partial charge in [-0.3, -0.25) is 4.79 Å². The minimum atomic E-state index is -3.55. The molecule has 1 amide bonds. The first-order valence-corrected chi connectivity index (χ1v) is 8.61. The van der Waals surface area contributed by atoms with Crippen molar-refractivity contribution in [1.82, 2.24) is 4.72 Å². The molecule has 7 heteroatoms. The third kappa shape index (κ3) is 3.31. The highest BCUT2D eigenvalue weighted by Gasteiger charge is 2.16. The molecule has 2 N–H and O–H groups in total. The Labute approximate surface area is 128 Å². The first kappa shape index (κ1) is 15.7. The van der Waals surface area contributed by atoms with Crippen LogP contribution in [0.5, 0.6) is 0 Å². The van der Waals surface area contributed by atoms with Crippen LogP contribution in [0.1, 0.15) is 20.8 Å². The smallest absolute Gasteiger partial charge is 0.265 e. The standard InChI is InChI=1S/C14H16N2O3S2/c1-9-4-5-11(8-12(9)21(18,19)15-3)16-14(17)13-10(2)6-7-20-13/h4-8,15H,1-3H3,(H,16,17). The summed E-state index contributed by atoms with van der Waals surface area (Å²) >= 11 is 1.35. The van der Waals surface area contributed by atoms with Crippen molar-refractivity contribution in [1.29, 1.82) is 0 Å². The molecule has 2 aromatic rings. The highest BCUT2D eigenvalue weighted by atomic mass is 32.2. The Balaban J connectivity index is 2.33. The fourth-order valence-electron chi connectivity index (χ4n) is 1.87. The van der Waals surface area contributed by atoms with Crippen molar-refractivity contribution in [2.75, 3.05) is 12.4 Å². The molecule has 0 aliphatic rings. The SMILES string of the molecule is CNS(=O)(=O)c1cc(NC(=O)c2sccc2C)ccc1C. The molecule has 1 heterocycles. The summed E-state index contributed by atoms with van der Waals surface area (Å²) < 4.78 is 26.1. The number of hydrogen-bond acceptors (Lipinski definition) is 4. The lowest BCUT2D eigenvalue weighted by atomic mass is 10.2. The minimum Gasteiger partial charge on any atom is -0.321 e. The summed E-state index contributed by atoms with van der Waals surface area (Å²) in [7, 11) is -2.19.